The van der Waals surface area contributed by atoms with Gasteiger partial charge in [0.1, 0.15) is 5.82 Å². The first-order valence-corrected chi connectivity index (χ1v) is 9.06. The molecule has 2 amide bonds. The molecule has 4 rings (SSSR count). The van der Waals surface area contributed by atoms with Gasteiger partial charge in [0.05, 0.1) is 18.4 Å². The van der Waals surface area contributed by atoms with Crippen LogP contribution in [0.25, 0.3) is 0 Å². The van der Waals surface area contributed by atoms with Crippen LogP contribution in [0.5, 0.6) is 0 Å². The minimum Gasteiger partial charge on any atom is -0.323 e. The summed E-state index contributed by atoms with van der Waals surface area (Å²) in [4.78, 5) is 40.3. The van der Waals surface area contributed by atoms with E-state index in [1.807, 2.05) is 32.3 Å². The molecule has 29 heavy (non-hydrogen) atoms. The molecule has 3 heterocycles. The molecule has 2 aromatic heterocycles. The quantitative estimate of drug-likeness (QED) is 0.739. The average Bonchev–Trinajstić information content (AvgIpc) is 2.73. The number of benzene rings is 1. The van der Waals surface area contributed by atoms with Crippen LogP contribution >= 0.6 is 0 Å². The van der Waals surface area contributed by atoms with Crippen molar-refractivity contribution in [1.82, 2.24) is 15.0 Å². The van der Waals surface area contributed by atoms with Gasteiger partial charge in [-0.1, -0.05) is 12.1 Å². The van der Waals surface area contributed by atoms with Gasteiger partial charge in [-0.15, -0.1) is 0 Å². The SMILES string of the molecule is Cc1ccc(Nc2ncc3c(n2)N(C)C(=O)N(c2cc([C]=O)ccc2C)C3)cn1. The standard InChI is InChI=1S/C21H19N6O2/c1-13-4-6-15(12-28)8-18(13)27-11-16-9-23-20(25-19(16)26(3)21(27)29)24-17-7-5-14(2)22-10-17/h4-10H,11H2,1-3H3,(H,23,24,25). The normalized spacial score (nSPS) is 13.3. The number of hydrogen-bond acceptors (Lipinski definition) is 6. The van der Waals surface area contributed by atoms with Crippen molar-refractivity contribution >= 4 is 35.5 Å². The predicted molar refractivity (Wildman–Crippen MR) is 110 cm³/mol. The van der Waals surface area contributed by atoms with E-state index in [4.69, 9.17) is 0 Å². The fourth-order valence-electron chi connectivity index (χ4n) is 3.19. The Hall–Kier alpha value is -3.81. The number of nitrogens with zero attached hydrogens (tertiary/aromatic N) is 5. The first-order valence-electron chi connectivity index (χ1n) is 9.06. The Kier molecular flexibility index (Phi) is 4.67. The number of fused-ring (bicyclic) bond motifs is 1. The van der Waals surface area contributed by atoms with Crippen molar-refractivity contribution in [3.8, 4) is 0 Å². The van der Waals surface area contributed by atoms with Gasteiger partial charge < -0.3 is 5.32 Å². The molecule has 8 nitrogen and oxygen atoms in total. The number of nitrogens with one attached hydrogen (secondary N) is 1. The zero-order valence-electron chi connectivity index (χ0n) is 16.3. The van der Waals surface area contributed by atoms with E-state index in [-0.39, 0.29) is 6.03 Å². The molecule has 0 saturated heterocycles. The molecule has 8 heteroatoms. The molecule has 0 spiro atoms. The third-order valence-corrected chi connectivity index (χ3v) is 4.79. The van der Waals surface area contributed by atoms with Crippen LogP contribution in [0.2, 0.25) is 0 Å². The van der Waals surface area contributed by atoms with Gasteiger partial charge in [-0.2, -0.15) is 4.98 Å². The summed E-state index contributed by atoms with van der Waals surface area (Å²) >= 11 is 0. The molecule has 0 unspecified atom stereocenters. The molecule has 1 aliphatic rings. The van der Waals surface area contributed by atoms with E-state index in [0.29, 0.717) is 29.6 Å². The fraction of sp³-hybridized carbons (Fsp3) is 0.190. The second kappa shape index (κ2) is 7.31. The highest BCUT2D eigenvalue weighted by Crippen LogP contribution is 2.32. The highest BCUT2D eigenvalue weighted by molar-refractivity contribution is 6.05. The number of hydrogen-bond donors (Lipinski definition) is 1. The van der Waals surface area contributed by atoms with Gasteiger partial charge in [-0.25, -0.2) is 9.78 Å². The Labute approximate surface area is 168 Å². The van der Waals surface area contributed by atoms with Crippen molar-refractivity contribution in [1.29, 1.82) is 0 Å². The summed E-state index contributed by atoms with van der Waals surface area (Å²) in [7, 11) is 1.67. The molecule has 3 aromatic rings. The molecule has 0 aliphatic carbocycles. The Morgan fingerprint density at radius 1 is 1.10 bits per heavy atom. The number of aromatic nitrogens is 3. The van der Waals surface area contributed by atoms with E-state index >= 15 is 0 Å². The van der Waals surface area contributed by atoms with Crippen molar-refractivity contribution in [2.24, 2.45) is 0 Å². The Balaban J connectivity index is 1.65. The number of carbonyl (C=O) groups excluding carboxylic acids is 2. The fourth-order valence-corrected chi connectivity index (χ4v) is 3.19. The van der Waals surface area contributed by atoms with Crippen molar-refractivity contribution in [2.75, 3.05) is 22.2 Å². The first kappa shape index (κ1) is 18.5. The number of anilines is 4. The molecule has 145 valence electrons. The molecular weight excluding hydrogens is 368 g/mol. The first-order chi connectivity index (χ1) is 14.0. The van der Waals surface area contributed by atoms with Crippen molar-refractivity contribution in [3.05, 3.63) is 65.1 Å². The lowest BCUT2D eigenvalue weighted by molar-refractivity contribution is 0.251. The van der Waals surface area contributed by atoms with Gasteiger partial charge in [-0.05, 0) is 37.6 Å². The minimum absolute atomic E-state index is 0.231. The van der Waals surface area contributed by atoms with Crippen LogP contribution in [0.15, 0.2) is 42.7 Å². The van der Waals surface area contributed by atoms with E-state index < -0.39 is 0 Å². The molecule has 0 saturated carbocycles. The summed E-state index contributed by atoms with van der Waals surface area (Å²) in [6.45, 7) is 4.12. The molecule has 1 aliphatic heterocycles. The van der Waals surface area contributed by atoms with Gasteiger partial charge in [0.2, 0.25) is 12.2 Å². The number of rotatable bonds is 4. The van der Waals surface area contributed by atoms with Crippen LogP contribution in [-0.4, -0.2) is 34.3 Å². The van der Waals surface area contributed by atoms with E-state index in [2.05, 4.69) is 20.3 Å². The van der Waals surface area contributed by atoms with Crippen LogP contribution < -0.4 is 15.1 Å². The number of urea groups is 1. The van der Waals surface area contributed by atoms with E-state index in [0.717, 1.165) is 22.5 Å². The summed E-state index contributed by atoms with van der Waals surface area (Å²) in [6.07, 6.45) is 5.28. The van der Waals surface area contributed by atoms with Crippen molar-refractivity contribution in [2.45, 2.75) is 20.4 Å². The molecule has 0 bridgehead atoms. The lowest BCUT2D eigenvalue weighted by Crippen LogP contribution is -2.46. The largest absolute Gasteiger partial charge is 0.330 e. The van der Waals surface area contributed by atoms with Gasteiger partial charge in [0, 0.05) is 35.8 Å². The Morgan fingerprint density at radius 3 is 2.66 bits per heavy atom. The number of carbonyl (C=O) groups is 1. The Bertz CT molecular complexity index is 1100. The van der Waals surface area contributed by atoms with Crippen LogP contribution in [0, 0.1) is 13.8 Å². The molecular formula is C21H19N6O2. The van der Waals surface area contributed by atoms with Crippen molar-refractivity contribution in [3.63, 3.8) is 0 Å². The Morgan fingerprint density at radius 2 is 1.93 bits per heavy atom. The lowest BCUT2D eigenvalue weighted by atomic mass is 10.1. The maximum atomic E-state index is 13.0. The predicted octanol–water partition coefficient (Wildman–Crippen LogP) is 3.27. The smallest absolute Gasteiger partial charge is 0.323 e. The van der Waals surface area contributed by atoms with Gasteiger partial charge >= 0.3 is 6.03 Å². The number of aryl methyl sites for hydroxylation is 2. The second-order valence-electron chi connectivity index (χ2n) is 6.89. The summed E-state index contributed by atoms with van der Waals surface area (Å²) in [5.74, 6) is 0.927. The van der Waals surface area contributed by atoms with E-state index in [1.165, 1.54) is 4.90 Å². The number of amides is 2. The summed E-state index contributed by atoms with van der Waals surface area (Å²) < 4.78 is 0. The van der Waals surface area contributed by atoms with E-state index in [9.17, 15) is 9.59 Å². The van der Waals surface area contributed by atoms with Crippen LogP contribution in [0.3, 0.4) is 0 Å². The van der Waals surface area contributed by atoms with Crippen LogP contribution in [0.4, 0.5) is 27.9 Å². The molecule has 1 aromatic carbocycles. The average molecular weight is 387 g/mol. The van der Waals surface area contributed by atoms with Gasteiger partial charge in [-0.3, -0.25) is 19.6 Å². The van der Waals surface area contributed by atoms with Crippen LogP contribution in [-0.2, 0) is 11.3 Å². The van der Waals surface area contributed by atoms with Crippen LogP contribution in [0.1, 0.15) is 22.4 Å². The molecule has 0 atom stereocenters. The van der Waals surface area contributed by atoms with Gasteiger partial charge in [0.25, 0.3) is 0 Å². The minimum atomic E-state index is -0.231. The molecule has 1 N–H and O–H groups in total. The molecule has 0 fully saturated rings. The lowest BCUT2D eigenvalue weighted by Gasteiger charge is -2.34. The monoisotopic (exact) mass is 387 g/mol. The third kappa shape index (κ3) is 3.52. The molecule has 1 radical (unpaired) electrons. The third-order valence-electron chi connectivity index (χ3n) is 4.79. The van der Waals surface area contributed by atoms with E-state index in [1.54, 1.807) is 42.5 Å². The maximum Gasteiger partial charge on any atom is 0.330 e. The zero-order chi connectivity index (χ0) is 20.5. The van der Waals surface area contributed by atoms with Crippen molar-refractivity contribution < 1.29 is 9.59 Å². The highest BCUT2D eigenvalue weighted by Gasteiger charge is 2.31. The summed E-state index contributed by atoms with van der Waals surface area (Å²) in [6, 6.07) is 8.70. The summed E-state index contributed by atoms with van der Waals surface area (Å²) in [5.41, 5.74) is 4.44. The topological polar surface area (TPSA) is 91.3 Å². The zero-order valence-corrected chi connectivity index (χ0v) is 16.3. The number of pyridine rings is 1. The highest BCUT2D eigenvalue weighted by atomic mass is 16.2. The second-order valence-corrected chi connectivity index (χ2v) is 6.89. The summed E-state index contributed by atoms with van der Waals surface area (Å²) in [5, 5.41) is 3.10. The van der Waals surface area contributed by atoms with Gasteiger partial charge in [0.15, 0.2) is 0 Å². The maximum absolute atomic E-state index is 13.0.